The van der Waals surface area contributed by atoms with Gasteiger partial charge in [0.25, 0.3) is 0 Å². The van der Waals surface area contributed by atoms with Gasteiger partial charge in [-0.2, -0.15) is 0 Å². The Bertz CT molecular complexity index is 373. The number of hydrogen-bond acceptors (Lipinski definition) is 6. The lowest BCUT2D eigenvalue weighted by molar-refractivity contribution is -0.125. The quantitative estimate of drug-likeness (QED) is 0.404. The van der Waals surface area contributed by atoms with Crippen LogP contribution in [-0.2, 0) is 28.7 Å². The van der Waals surface area contributed by atoms with Crippen LogP contribution in [0.15, 0.2) is 0 Å². The summed E-state index contributed by atoms with van der Waals surface area (Å²) in [7, 11) is 0. The molecule has 0 aromatic carbocycles. The van der Waals surface area contributed by atoms with E-state index < -0.39 is 0 Å². The van der Waals surface area contributed by atoms with Crippen LogP contribution in [0, 0.1) is 0 Å². The third-order valence-electron chi connectivity index (χ3n) is 2.92. The molecule has 0 aliphatic carbocycles. The Kier molecular flexibility index (Phi) is 13.7. The highest BCUT2D eigenvalue weighted by atomic mass is 16.5. The number of ether oxygens (including phenoxy) is 2. The summed E-state index contributed by atoms with van der Waals surface area (Å²) in [5, 5.41) is 5.31. The minimum absolute atomic E-state index is 0.00593. The Labute approximate surface area is 142 Å². The summed E-state index contributed by atoms with van der Waals surface area (Å²) in [6.07, 6.45) is 0.921. The van der Waals surface area contributed by atoms with Crippen molar-refractivity contribution >= 4 is 23.4 Å². The Balaban J connectivity index is 3.28. The van der Waals surface area contributed by atoms with Crippen molar-refractivity contribution in [2.24, 2.45) is 0 Å². The van der Waals surface area contributed by atoms with Crippen LogP contribution in [0.4, 0.5) is 0 Å². The highest BCUT2D eigenvalue weighted by molar-refractivity contribution is 5.84. The van der Waals surface area contributed by atoms with E-state index in [-0.39, 0.29) is 49.1 Å². The van der Waals surface area contributed by atoms with E-state index >= 15 is 0 Å². The Morgan fingerprint density at radius 1 is 0.625 bits per heavy atom. The van der Waals surface area contributed by atoms with Gasteiger partial charge >= 0.3 is 0 Å². The molecular formula is C16H28N2O6. The lowest BCUT2D eigenvalue weighted by atomic mass is 10.2. The third kappa shape index (κ3) is 16.6. The highest BCUT2D eigenvalue weighted by Crippen LogP contribution is 1.90. The summed E-state index contributed by atoms with van der Waals surface area (Å²) < 4.78 is 10.5. The zero-order valence-electron chi connectivity index (χ0n) is 14.5. The maximum atomic E-state index is 11.3. The molecule has 24 heavy (non-hydrogen) atoms. The first-order chi connectivity index (χ1) is 11.4. The molecule has 8 nitrogen and oxygen atoms in total. The van der Waals surface area contributed by atoms with Gasteiger partial charge in [0.05, 0.1) is 26.4 Å². The van der Waals surface area contributed by atoms with E-state index in [1.807, 2.05) is 0 Å². The number of Topliss-reactive ketones (excluding diaryl/α,β-unsaturated/α-hetero) is 2. The van der Waals surface area contributed by atoms with Crippen LogP contribution < -0.4 is 10.6 Å². The molecule has 0 aliphatic heterocycles. The predicted octanol–water partition coefficient (Wildman–Crippen LogP) is -0.00960. The number of carbonyl (C=O) groups excluding carboxylic acids is 4. The lowest BCUT2D eigenvalue weighted by Crippen LogP contribution is -2.28. The molecular weight excluding hydrogens is 316 g/mol. The molecule has 0 spiro atoms. The zero-order valence-corrected chi connectivity index (χ0v) is 14.5. The summed E-state index contributed by atoms with van der Waals surface area (Å²) in [6.45, 7) is 5.21. The third-order valence-corrected chi connectivity index (χ3v) is 2.92. The van der Waals surface area contributed by atoms with Crippen molar-refractivity contribution in [1.82, 2.24) is 10.6 Å². The summed E-state index contributed by atoms with van der Waals surface area (Å²) in [4.78, 5) is 44.0. The molecule has 0 aliphatic rings. The van der Waals surface area contributed by atoms with Crippen LogP contribution >= 0.6 is 0 Å². The van der Waals surface area contributed by atoms with Gasteiger partial charge in [0.15, 0.2) is 0 Å². The van der Waals surface area contributed by atoms with Gasteiger partial charge in [0, 0.05) is 38.8 Å². The number of hydrogen-bond donors (Lipinski definition) is 2. The summed E-state index contributed by atoms with van der Waals surface area (Å²) in [5.41, 5.74) is 0. The second kappa shape index (κ2) is 14.8. The molecule has 0 aromatic heterocycles. The van der Waals surface area contributed by atoms with Crippen molar-refractivity contribution in [2.45, 2.75) is 39.5 Å². The van der Waals surface area contributed by atoms with Gasteiger partial charge in [-0.25, -0.2) is 0 Å². The highest BCUT2D eigenvalue weighted by Gasteiger charge is 2.03. The topological polar surface area (TPSA) is 111 Å². The van der Waals surface area contributed by atoms with Crippen LogP contribution in [0.25, 0.3) is 0 Å². The smallest absolute Gasteiger partial charge is 0.220 e. The molecule has 0 radical (unpaired) electrons. The minimum Gasteiger partial charge on any atom is -0.377 e. The van der Waals surface area contributed by atoms with Crippen molar-refractivity contribution in [3.63, 3.8) is 0 Å². The van der Waals surface area contributed by atoms with Crippen LogP contribution in [0.1, 0.15) is 39.5 Å². The first kappa shape index (κ1) is 22.2. The SMILES string of the molecule is CC(=O)CCC(=O)NCCOCCOCCNC(=O)CCC(C)=O. The predicted molar refractivity (Wildman–Crippen MR) is 87.5 cm³/mol. The second-order valence-electron chi connectivity index (χ2n) is 5.33. The molecule has 8 heteroatoms. The van der Waals surface area contributed by atoms with Gasteiger partial charge in [-0.15, -0.1) is 0 Å². The number of amides is 2. The Morgan fingerprint density at radius 2 is 1.00 bits per heavy atom. The van der Waals surface area contributed by atoms with E-state index in [4.69, 9.17) is 9.47 Å². The average molecular weight is 344 g/mol. The van der Waals surface area contributed by atoms with E-state index in [1.54, 1.807) is 0 Å². The first-order valence-corrected chi connectivity index (χ1v) is 8.09. The lowest BCUT2D eigenvalue weighted by Gasteiger charge is -2.08. The van der Waals surface area contributed by atoms with E-state index in [2.05, 4.69) is 10.6 Å². The van der Waals surface area contributed by atoms with Crippen LogP contribution in [0.3, 0.4) is 0 Å². The van der Waals surface area contributed by atoms with Gasteiger partial charge in [-0.3, -0.25) is 9.59 Å². The summed E-state index contributed by atoms with van der Waals surface area (Å²) in [5.74, 6) is -0.335. The van der Waals surface area contributed by atoms with Crippen molar-refractivity contribution in [2.75, 3.05) is 39.5 Å². The summed E-state index contributed by atoms with van der Waals surface area (Å²) >= 11 is 0. The minimum atomic E-state index is -0.162. The van der Waals surface area contributed by atoms with Crippen molar-refractivity contribution < 1.29 is 28.7 Å². The molecule has 0 saturated heterocycles. The average Bonchev–Trinajstić information content (AvgIpc) is 2.52. The molecule has 0 atom stereocenters. The van der Waals surface area contributed by atoms with Crippen LogP contribution in [0.5, 0.6) is 0 Å². The molecule has 138 valence electrons. The van der Waals surface area contributed by atoms with Crippen molar-refractivity contribution in [3.05, 3.63) is 0 Å². The molecule has 0 rings (SSSR count). The Morgan fingerprint density at radius 3 is 1.33 bits per heavy atom. The maximum Gasteiger partial charge on any atom is 0.220 e. The fraction of sp³-hybridized carbons (Fsp3) is 0.750. The number of ketones is 2. The van der Waals surface area contributed by atoms with Gasteiger partial charge in [-0.05, 0) is 13.8 Å². The van der Waals surface area contributed by atoms with E-state index in [1.165, 1.54) is 13.8 Å². The van der Waals surface area contributed by atoms with E-state index in [0.29, 0.717) is 39.5 Å². The largest absolute Gasteiger partial charge is 0.377 e. The van der Waals surface area contributed by atoms with E-state index in [0.717, 1.165) is 0 Å². The second-order valence-corrected chi connectivity index (χ2v) is 5.33. The molecule has 0 aromatic rings. The van der Waals surface area contributed by atoms with Gasteiger partial charge in [0.2, 0.25) is 11.8 Å². The monoisotopic (exact) mass is 344 g/mol. The van der Waals surface area contributed by atoms with Gasteiger partial charge in [-0.1, -0.05) is 0 Å². The van der Waals surface area contributed by atoms with Gasteiger partial charge in [0.1, 0.15) is 11.6 Å². The Hall–Kier alpha value is -1.80. The fourth-order valence-corrected chi connectivity index (χ4v) is 1.60. The van der Waals surface area contributed by atoms with Crippen molar-refractivity contribution in [3.8, 4) is 0 Å². The number of rotatable bonds is 15. The standard InChI is InChI=1S/C16H28N2O6/c1-13(19)3-5-15(21)17-7-9-23-11-12-24-10-8-18-16(22)6-4-14(2)20/h3-12H2,1-2H3,(H,17,21)(H,18,22). The van der Waals surface area contributed by atoms with Crippen LogP contribution in [-0.4, -0.2) is 62.9 Å². The van der Waals surface area contributed by atoms with E-state index in [9.17, 15) is 19.2 Å². The normalized spacial score (nSPS) is 10.2. The molecule has 0 fully saturated rings. The molecule has 2 amide bonds. The molecule has 0 bridgehead atoms. The molecule has 0 unspecified atom stereocenters. The number of carbonyl (C=O) groups is 4. The molecule has 0 heterocycles. The fourth-order valence-electron chi connectivity index (χ4n) is 1.60. The number of nitrogens with one attached hydrogen (secondary N) is 2. The summed E-state index contributed by atoms with van der Waals surface area (Å²) in [6, 6.07) is 0. The maximum absolute atomic E-state index is 11.3. The molecule has 2 N–H and O–H groups in total. The zero-order chi connectivity index (χ0) is 18.2. The first-order valence-electron chi connectivity index (χ1n) is 8.09. The molecule has 0 saturated carbocycles. The van der Waals surface area contributed by atoms with Gasteiger partial charge < -0.3 is 29.7 Å². The van der Waals surface area contributed by atoms with Crippen molar-refractivity contribution in [1.29, 1.82) is 0 Å². The van der Waals surface area contributed by atoms with Crippen LogP contribution in [0.2, 0.25) is 0 Å².